The Morgan fingerprint density at radius 1 is 1.17 bits per heavy atom. The van der Waals surface area contributed by atoms with Crippen LogP contribution in [0.4, 0.5) is 27.3 Å². The maximum Gasteiger partial charge on any atom is 0.232 e. The summed E-state index contributed by atoms with van der Waals surface area (Å²) in [5.74, 6) is -0.212. The number of benzene rings is 1. The lowest BCUT2D eigenvalue weighted by molar-refractivity contribution is -0.117. The average molecular weight is 597 g/mol. The molecular weight excluding hydrogens is 563 g/mol. The Labute approximate surface area is 242 Å². The number of aromatic nitrogens is 5. The fourth-order valence-electron chi connectivity index (χ4n) is 5.23. The van der Waals surface area contributed by atoms with E-state index in [0.717, 1.165) is 36.6 Å². The van der Waals surface area contributed by atoms with Crippen LogP contribution < -0.4 is 14.9 Å². The highest BCUT2D eigenvalue weighted by molar-refractivity contribution is 7.92. The molecule has 6 rings (SSSR count). The van der Waals surface area contributed by atoms with E-state index in [2.05, 4.69) is 15.7 Å². The first-order chi connectivity index (χ1) is 20.0. The molecule has 4 heterocycles. The van der Waals surface area contributed by atoms with E-state index in [1.807, 2.05) is 30.8 Å². The summed E-state index contributed by atoms with van der Waals surface area (Å²) in [5, 5.41) is 10.3. The van der Waals surface area contributed by atoms with Crippen LogP contribution in [0, 0.1) is 12.8 Å². The molecule has 1 saturated heterocycles. The molecule has 2 fully saturated rings. The summed E-state index contributed by atoms with van der Waals surface area (Å²) in [6, 6.07) is 7.06. The zero-order valence-electron chi connectivity index (χ0n) is 23.8. The van der Waals surface area contributed by atoms with Crippen LogP contribution in [0.5, 0.6) is 0 Å². The number of imidazole rings is 1. The van der Waals surface area contributed by atoms with E-state index >= 15 is 0 Å². The van der Waals surface area contributed by atoms with Crippen molar-refractivity contribution in [3.05, 3.63) is 42.5 Å². The van der Waals surface area contributed by atoms with Crippen LogP contribution in [0.15, 0.2) is 36.7 Å². The number of nitrogens with one attached hydrogen (secondary N) is 2. The standard InChI is InChI=1S/C28H33FN8O4S/c1-16-31-26-22(32-21-9-8-17(18-14-30-35(2)15-18)11-23(21)36(3)42(4,39)40)13-24(34-28(38)19-12-20(19)29)33-27(26)37(16)25-7-5-6-10-41-25/h8-9,11,13-15,19-20,25H,5-7,10,12H2,1-4H3,(H2,32,33,34,38). The lowest BCUT2D eigenvalue weighted by Crippen LogP contribution is -2.25. The van der Waals surface area contributed by atoms with Crippen molar-refractivity contribution in [2.24, 2.45) is 13.0 Å². The Kier molecular flexibility index (Phi) is 7.13. The summed E-state index contributed by atoms with van der Waals surface area (Å²) in [6.45, 7) is 2.49. The molecule has 3 aromatic heterocycles. The van der Waals surface area contributed by atoms with Gasteiger partial charge in [0.15, 0.2) is 5.65 Å². The normalized spacial score (nSPS) is 20.5. The number of nitrogens with zero attached hydrogens (tertiary/aromatic N) is 6. The molecule has 222 valence electrons. The molecule has 14 heteroatoms. The molecule has 1 aliphatic heterocycles. The highest BCUT2D eigenvalue weighted by Gasteiger charge is 2.44. The first kappa shape index (κ1) is 28.1. The molecule has 1 aromatic carbocycles. The van der Waals surface area contributed by atoms with Gasteiger partial charge in [-0.3, -0.25) is 18.3 Å². The van der Waals surface area contributed by atoms with Crippen LogP contribution in [-0.4, -0.2) is 64.7 Å². The van der Waals surface area contributed by atoms with Gasteiger partial charge in [0, 0.05) is 38.5 Å². The van der Waals surface area contributed by atoms with Gasteiger partial charge < -0.3 is 15.4 Å². The van der Waals surface area contributed by atoms with E-state index in [0.29, 0.717) is 40.7 Å². The van der Waals surface area contributed by atoms with Gasteiger partial charge in [0.2, 0.25) is 15.9 Å². The molecule has 42 heavy (non-hydrogen) atoms. The third-order valence-corrected chi connectivity index (χ3v) is 8.90. The Bertz CT molecular complexity index is 1780. The maximum atomic E-state index is 13.6. The van der Waals surface area contributed by atoms with E-state index in [-0.39, 0.29) is 18.5 Å². The predicted molar refractivity (Wildman–Crippen MR) is 158 cm³/mol. The predicted octanol–water partition coefficient (Wildman–Crippen LogP) is 4.28. The molecule has 2 aliphatic rings. The van der Waals surface area contributed by atoms with Gasteiger partial charge in [-0.25, -0.2) is 22.8 Å². The summed E-state index contributed by atoms with van der Waals surface area (Å²) in [4.78, 5) is 22.2. The number of carbonyl (C=O) groups excluding carboxylic acids is 1. The second-order valence-electron chi connectivity index (χ2n) is 10.9. The van der Waals surface area contributed by atoms with Gasteiger partial charge in [-0.05, 0) is 50.3 Å². The largest absolute Gasteiger partial charge is 0.358 e. The number of aryl methyl sites for hydroxylation is 2. The van der Waals surface area contributed by atoms with Gasteiger partial charge in [-0.15, -0.1) is 0 Å². The average Bonchev–Trinajstić information content (AvgIpc) is 3.36. The number of fused-ring (bicyclic) bond motifs is 1. The number of anilines is 4. The first-order valence-electron chi connectivity index (χ1n) is 13.8. The Morgan fingerprint density at radius 3 is 2.60 bits per heavy atom. The second-order valence-corrected chi connectivity index (χ2v) is 12.9. The van der Waals surface area contributed by atoms with Crippen LogP contribution in [0.3, 0.4) is 0 Å². The lowest BCUT2D eigenvalue weighted by Gasteiger charge is -2.25. The van der Waals surface area contributed by atoms with Crippen molar-refractivity contribution in [1.82, 2.24) is 24.3 Å². The van der Waals surface area contributed by atoms with Crippen LogP contribution >= 0.6 is 0 Å². The van der Waals surface area contributed by atoms with Crippen LogP contribution in [0.25, 0.3) is 22.3 Å². The molecule has 1 saturated carbocycles. The number of hydrogen-bond acceptors (Lipinski definition) is 8. The maximum absolute atomic E-state index is 13.6. The van der Waals surface area contributed by atoms with Gasteiger partial charge in [0.25, 0.3) is 0 Å². The molecular formula is C28H33FN8O4S. The number of carbonyl (C=O) groups is 1. The number of sulfonamides is 1. The fourth-order valence-corrected chi connectivity index (χ4v) is 5.74. The smallest absolute Gasteiger partial charge is 0.232 e. The van der Waals surface area contributed by atoms with Crippen LogP contribution in [0.2, 0.25) is 0 Å². The van der Waals surface area contributed by atoms with Crippen molar-refractivity contribution in [3.63, 3.8) is 0 Å². The third kappa shape index (κ3) is 5.43. The van der Waals surface area contributed by atoms with Gasteiger partial charge >= 0.3 is 0 Å². The summed E-state index contributed by atoms with van der Waals surface area (Å²) < 4.78 is 49.8. The van der Waals surface area contributed by atoms with Crippen molar-refractivity contribution >= 4 is 50.0 Å². The molecule has 0 bridgehead atoms. The molecule has 1 aliphatic carbocycles. The van der Waals surface area contributed by atoms with E-state index in [4.69, 9.17) is 14.7 Å². The van der Waals surface area contributed by atoms with Gasteiger partial charge in [-0.1, -0.05) is 6.07 Å². The van der Waals surface area contributed by atoms with Crippen molar-refractivity contribution in [2.45, 2.75) is 45.0 Å². The minimum atomic E-state index is -3.62. The minimum absolute atomic E-state index is 0.191. The monoisotopic (exact) mass is 596 g/mol. The van der Waals surface area contributed by atoms with Crippen molar-refractivity contribution in [3.8, 4) is 11.1 Å². The van der Waals surface area contributed by atoms with Crippen LogP contribution in [0.1, 0.15) is 37.7 Å². The SMILES string of the molecule is Cc1nc2c(Nc3ccc(-c4cnn(C)c4)cc3N(C)S(C)(=O)=O)cc(NC(=O)C3CC3F)nc2n1C1CCCCO1. The molecule has 4 aromatic rings. The van der Waals surface area contributed by atoms with Crippen molar-refractivity contribution in [1.29, 1.82) is 0 Å². The van der Waals surface area contributed by atoms with E-state index in [1.165, 1.54) is 11.4 Å². The third-order valence-electron chi connectivity index (χ3n) is 7.71. The lowest BCUT2D eigenvalue weighted by atomic mass is 10.1. The number of alkyl halides is 1. The molecule has 0 spiro atoms. The quantitative estimate of drug-likeness (QED) is 0.308. The number of halogens is 1. The number of rotatable bonds is 8. The Balaban J connectivity index is 1.46. The summed E-state index contributed by atoms with van der Waals surface area (Å²) in [7, 11) is -0.330. The van der Waals surface area contributed by atoms with Gasteiger partial charge in [0.1, 0.15) is 29.6 Å². The molecule has 2 N–H and O–H groups in total. The van der Waals surface area contributed by atoms with Crippen LogP contribution in [-0.2, 0) is 26.6 Å². The molecule has 12 nitrogen and oxygen atoms in total. The molecule has 1 amide bonds. The summed E-state index contributed by atoms with van der Waals surface area (Å²) in [5.41, 5.74) is 4.03. The van der Waals surface area contributed by atoms with E-state index in [1.54, 1.807) is 29.1 Å². The Hall–Kier alpha value is -4.04. The van der Waals surface area contributed by atoms with E-state index < -0.39 is 28.0 Å². The van der Waals surface area contributed by atoms with Gasteiger partial charge in [-0.2, -0.15) is 5.10 Å². The Morgan fingerprint density at radius 2 is 1.95 bits per heavy atom. The van der Waals surface area contributed by atoms with E-state index in [9.17, 15) is 17.6 Å². The number of pyridine rings is 1. The zero-order chi connectivity index (χ0) is 29.8. The number of amides is 1. The summed E-state index contributed by atoms with van der Waals surface area (Å²) in [6.07, 6.45) is 6.22. The summed E-state index contributed by atoms with van der Waals surface area (Å²) >= 11 is 0. The number of ether oxygens (including phenoxy) is 1. The highest BCUT2D eigenvalue weighted by Crippen LogP contribution is 2.39. The van der Waals surface area contributed by atoms with Gasteiger partial charge in [0.05, 0.1) is 35.4 Å². The van der Waals surface area contributed by atoms with Crippen molar-refractivity contribution in [2.75, 3.05) is 34.8 Å². The molecule has 3 unspecified atom stereocenters. The topological polar surface area (TPSA) is 136 Å². The second kappa shape index (κ2) is 10.7. The fraction of sp³-hybridized carbons (Fsp3) is 0.429. The highest BCUT2D eigenvalue weighted by atomic mass is 32.2. The minimum Gasteiger partial charge on any atom is -0.358 e. The molecule has 0 radical (unpaired) electrons. The molecule has 3 atom stereocenters. The number of hydrogen-bond donors (Lipinski definition) is 2. The first-order valence-corrected chi connectivity index (χ1v) is 15.6. The zero-order valence-corrected chi connectivity index (χ0v) is 24.7. The van der Waals surface area contributed by atoms with Crippen molar-refractivity contribution < 1.29 is 22.3 Å².